The van der Waals surface area contributed by atoms with Gasteiger partial charge in [-0.05, 0) is 6.42 Å². The Morgan fingerprint density at radius 3 is 2.00 bits per heavy atom. The van der Waals surface area contributed by atoms with Crippen LogP contribution in [0.1, 0.15) is 26.2 Å². The van der Waals surface area contributed by atoms with E-state index in [0.717, 1.165) is 5.88 Å². The molecule has 0 radical (unpaired) electrons. The van der Waals surface area contributed by atoms with Gasteiger partial charge in [0.1, 0.15) is 0 Å². The normalized spacial score (nSPS) is 7.71. The Morgan fingerprint density at radius 2 is 1.86 bits per heavy atom. The Balaban J connectivity index is 0. The summed E-state index contributed by atoms with van der Waals surface area (Å²) in [5, 5.41) is 0. The molecule has 0 nitrogen and oxygen atoms in total. The summed E-state index contributed by atoms with van der Waals surface area (Å²) in [5.74, 6) is 0.827. The second-order valence-electron chi connectivity index (χ2n) is 1.40. The SMILES string of the molecule is CCCCCCl.[Dy]. The Kier molecular flexibility index (Phi) is 17.1. The summed E-state index contributed by atoms with van der Waals surface area (Å²) in [4.78, 5) is 0. The van der Waals surface area contributed by atoms with Gasteiger partial charge in [0.05, 0.1) is 0 Å². The van der Waals surface area contributed by atoms with Crippen LogP contribution in [0.5, 0.6) is 0 Å². The number of hydrogen-bond donors (Lipinski definition) is 0. The average molecular weight is 269 g/mol. The molecule has 0 rings (SSSR count). The molecule has 0 saturated carbocycles. The summed E-state index contributed by atoms with van der Waals surface area (Å²) in [6.07, 6.45) is 3.73. The topological polar surface area (TPSA) is 0 Å². The molecule has 0 heterocycles. The van der Waals surface area contributed by atoms with Gasteiger partial charge in [-0.1, -0.05) is 19.8 Å². The molecule has 0 N–H and O–H groups in total. The van der Waals surface area contributed by atoms with Crippen molar-refractivity contribution in [2.75, 3.05) is 5.88 Å². The second kappa shape index (κ2) is 10.5. The minimum Gasteiger partial charge on any atom is -0.127 e. The number of unbranched alkanes of at least 4 members (excludes halogenated alkanes) is 2. The van der Waals surface area contributed by atoms with E-state index in [9.17, 15) is 0 Å². The summed E-state index contributed by atoms with van der Waals surface area (Å²) < 4.78 is 0. The summed E-state index contributed by atoms with van der Waals surface area (Å²) in [6, 6.07) is 0. The molecule has 0 unspecified atom stereocenters. The standard InChI is InChI=1S/C5H11Cl.Dy/c1-2-3-4-5-6;/h2-5H2,1H3;. The van der Waals surface area contributed by atoms with Crippen LogP contribution in [-0.2, 0) is 0 Å². The molecular formula is C5H11ClDy. The first-order valence-corrected chi connectivity index (χ1v) is 3.01. The Bertz CT molecular complexity index is 20.0. The van der Waals surface area contributed by atoms with E-state index in [1.165, 1.54) is 19.3 Å². The smallest absolute Gasteiger partial charge is 0.0223 e. The Labute approximate surface area is 81.0 Å². The Hall–Kier alpha value is 1.56. The van der Waals surface area contributed by atoms with E-state index in [1.807, 2.05) is 0 Å². The van der Waals surface area contributed by atoms with Gasteiger partial charge in [0, 0.05) is 44.1 Å². The molecule has 0 aliphatic heterocycles. The van der Waals surface area contributed by atoms with Crippen molar-refractivity contribution in [2.24, 2.45) is 0 Å². The van der Waals surface area contributed by atoms with Gasteiger partial charge in [-0.3, -0.25) is 0 Å². The third kappa shape index (κ3) is 11.2. The van der Waals surface area contributed by atoms with E-state index in [2.05, 4.69) is 6.92 Å². The van der Waals surface area contributed by atoms with Crippen molar-refractivity contribution in [3.63, 3.8) is 0 Å². The fraction of sp³-hybridized carbons (Fsp3) is 1.00. The molecule has 0 bridgehead atoms. The predicted octanol–water partition coefficient (Wildman–Crippen LogP) is 2.42. The minimum atomic E-state index is 0. The quantitative estimate of drug-likeness (QED) is 0.545. The summed E-state index contributed by atoms with van der Waals surface area (Å²) >= 11 is 5.38. The van der Waals surface area contributed by atoms with E-state index in [1.54, 1.807) is 0 Å². The number of hydrogen-bond acceptors (Lipinski definition) is 0. The van der Waals surface area contributed by atoms with Crippen LogP contribution >= 0.6 is 11.6 Å². The largest absolute Gasteiger partial charge is 0.127 e. The molecule has 0 aromatic rings. The molecule has 48 valence electrons. The van der Waals surface area contributed by atoms with Gasteiger partial charge in [0.15, 0.2) is 0 Å². The summed E-state index contributed by atoms with van der Waals surface area (Å²) in [6.45, 7) is 2.17. The van der Waals surface area contributed by atoms with Gasteiger partial charge in [0.2, 0.25) is 0 Å². The van der Waals surface area contributed by atoms with Gasteiger partial charge in [-0.25, -0.2) is 0 Å². The zero-order chi connectivity index (χ0) is 4.83. The zero-order valence-electron chi connectivity index (χ0n) is 4.52. The van der Waals surface area contributed by atoms with Crippen molar-refractivity contribution in [1.29, 1.82) is 0 Å². The molecule has 0 atom stereocenters. The second-order valence-corrected chi connectivity index (χ2v) is 1.77. The fourth-order valence-electron chi connectivity index (χ4n) is 0.344. The maximum Gasteiger partial charge on any atom is 0.0223 e. The van der Waals surface area contributed by atoms with Crippen molar-refractivity contribution >= 4 is 11.6 Å². The van der Waals surface area contributed by atoms with Crippen molar-refractivity contribution in [2.45, 2.75) is 26.2 Å². The first kappa shape index (κ1) is 11.4. The van der Waals surface area contributed by atoms with Crippen molar-refractivity contribution < 1.29 is 38.2 Å². The Morgan fingerprint density at radius 1 is 1.29 bits per heavy atom. The van der Waals surface area contributed by atoms with E-state index in [4.69, 9.17) is 11.6 Å². The van der Waals surface area contributed by atoms with Crippen molar-refractivity contribution in [1.82, 2.24) is 0 Å². The van der Waals surface area contributed by atoms with Gasteiger partial charge < -0.3 is 0 Å². The minimum absolute atomic E-state index is 0. The van der Waals surface area contributed by atoms with Crippen LogP contribution in [0.2, 0.25) is 0 Å². The van der Waals surface area contributed by atoms with Gasteiger partial charge in [0.25, 0.3) is 0 Å². The predicted molar refractivity (Wildman–Crippen MR) is 30.2 cm³/mol. The summed E-state index contributed by atoms with van der Waals surface area (Å²) in [7, 11) is 0. The number of alkyl halides is 1. The van der Waals surface area contributed by atoms with Gasteiger partial charge in [-0.15, -0.1) is 11.6 Å². The van der Waals surface area contributed by atoms with Crippen molar-refractivity contribution in [3.8, 4) is 0 Å². The average Bonchev–Trinajstić information content (AvgIpc) is 1.61. The zero-order valence-corrected chi connectivity index (χ0v) is 7.31. The molecule has 0 amide bonds. The first-order valence-electron chi connectivity index (χ1n) is 2.47. The van der Waals surface area contributed by atoms with Crippen LogP contribution in [0.25, 0.3) is 0 Å². The molecule has 0 aromatic heterocycles. The molecule has 0 aliphatic carbocycles. The third-order valence-electron chi connectivity index (χ3n) is 0.737. The molecule has 0 saturated heterocycles. The van der Waals surface area contributed by atoms with Gasteiger partial charge in [-0.2, -0.15) is 0 Å². The molecule has 0 aromatic carbocycles. The van der Waals surface area contributed by atoms with E-state index in [0.29, 0.717) is 0 Å². The molecule has 0 fully saturated rings. The monoisotopic (exact) mass is 270 g/mol. The number of halogens is 1. The molecular weight excluding hydrogens is 258 g/mol. The van der Waals surface area contributed by atoms with Crippen LogP contribution in [0.4, 0.5) is 0 Å². The van der Waals surface area contributed by atoms with E-state index in [-0.39, 0.29) is 38.2 Å². The van der Waals surface area contributed by atoms with Crippen LogP contribution in [0.3, 0.4) is 0 Å². The molecule has 0 spiro atoms. The van der Waals surface area contributed by atoms with Crippen LogP contribution < -0.4 is 0 Å². The molecule has 2 heteroatoms. The molecule has 0 aliphatic rings. The maximum atomic E-state index is 5.38. The third-order valence-corrected chi connectivity index (χ3v) is 1.00. The maximum absolute atomic E-state index is 5.38. The molecule has 7 heavy (non-hydrogen) atoms. The summed E-state index contributed by atoms with van der Waals surface area (Å²) in [5.41, 5.74) is 0. The van der Waals surface area contributed by atoms with E-state index < -0.39 is 0 Å². The van der Waals surface area contributed by atoms with Crippen LogP contribution in [0, 0.1) is 38.2 Å². The van der Waals surface area contributed by atoms with E-state index >= 15 is 0 Å². The van der Waals surface area contributed by atoms with Gasteiger partial charge >= 0.3 is 0 Å². The van der Waals surface area contributed by atoms with Crippen LogP contribution in [-0.4, -0.2) is 5.88 Å². The number of rotatable bonds is 3. The van der Waals surface area contributed by atoms with Crippen LogP contribution in [0.15, 0.2) is 0 Å². The van der Waals surface area contributed by atoms with Crippen molar-refractivity contribution in [3.05, 3.63) is 0 Å². The fourth-order valence-corrected chi connectivity index (χ4v) is 0.533. The first-order chi connectivity index (χ1) is 2.91.